The van der Waals surface area contributed by atoms with Crippen LogP contribution in [0.25, 0.3) is 0 Å². The fourth-order valence-corrected chi connectivity index (χ4v) is 2.57. The number of hydrogen-bond donors (Lipinski definition) is 1. The maximum atomic E-state index is 13.3. The highest BCUT2D eigenvalue weighted by atomic mass is 35.5. The first kappa shape index (κ1) is 15.4. The molecule has 4 heteroatoms. The third-order valence-electron chi connectivity index (χ3n) is 3.55. The van der Waals surface area contributed by atoms with Crippen molar-refractivity contribution in [2.45, 2.75) is 26.3 Å². The Labute approximate surface area is 115 Å². The third kappa shape index (κ3) is 3.44. The normalized spacial score (nSPS) is 18.2. The molecule has 0 unspecified atom stereocenters. The van der Waals surface area contributed by atoms with E-state index in [0.717, 1.165) is 38.2 Å². The van der Waals surface area contributed by atoms with E-state index in [4.69, 9.17) is 0 Å². The average Bonchev–Trinajstić information content (AvgIpc) is 2.36. The van der Waals surface area contributed by atoms with Crippen LogP contribution in [0.5, 0.6) is 0 Å². The summed E-state index contributed by atoms with van der Waals surface area (Å²) in [5, 5.41) is 3.36. The highest BCUT2D eigenvalue weighted by molar-refractivity contribution is 5.85. The zero-order chi connectivity index (χ0) is 12.3. The number of halogens is 2. The number of rotatable bonds is 3. The lowest BCUT2D eigenvalue weighted by Gasteiger charge is -2.34. The molecule has 1 N–H and O–H groups in total. The van der Waals surface area contributed by atoms with E-state index in [9.17, 15) is 4.39 Å². The van der Waals surface area contributed by atoms with Gasteiger partial charge in [0.1, 0.15) is 5.82 Å². The Bertz CT molecular complexity index is 378. The zero-order valence-corrected chi connectivity index (χ0v) is 11.9. The first-order chi connectivity index (χ1) is 8.22. The molecule has 1 aliphatic heterocycles. The molecule has 0 radical (unpaired) electrons. The van der Waals surface area contributed by atoms with Crippen LogP contribution in [0.3, 0.4) is 0 Å². The lowest BCUT2D eigenvalue weighted by atomic mass is 10.00. The smallest absolute Gasteiger partial charge is 0.126 e. The van der Waals surface area contributed by atoms with Crippen molar-refractivity contribution in [3.63, 3.8) is 0 Å². The maximum absolute atomic E-state index is 13.3. The van der Waals surface area contributed by atoms with Gasteiger partial charge in [0.05, 0.1) is 0 Å². The van der Waals surface area contributed by atoms with Crippen molar-refractivity contribution in [2.24, 2.45) is 0 Å². The highest BCUT2D eigenvalue weighted by Gasteiger charge is 2.20. The van der Waals surface area contributed by atoms with Crippen LogP contribution >= 0.6 is 12.4 Å². The second-order valence-corrected chi connectivity index (χ2v) is 4.72. The average molecular weight is 273 g/mol. The van der Waals surface area contributed by atoms with Gasteiger partial charge in [0.25, 0.3) is 0 Å². The summed E-state index contributed by atoms with van der Waals surface area (Å²) >= 11 is 0. The standard InChI is InChI=1S/C14H21FN2.ClH/c1-3-14(17-8-6-16-7-9-17)12-4-5-13(15)11(2)10-12;/h4-5,10,14,16H,3,6-9H2,1-2H3;1H/t14-;/m1./s1. The van der Waals surface area contributed by atoms with Crippen molar-refractivity contribution >= 4 is 12.4 Å². The molecule has 1 aliphatic rings. The Morgan fingerprint density at radius 3 is 2.56 bits per heavy atom. The van der Waals surface area contributed by atoms with Gasteiger partial charge in [0, 0.05) is 32.2 Å². The fourth-order valence-electron chi connectivity index (χ4n) is 2.57. The van der Waals surface area contributed by atoms with Gasteiger partial charge in [0.2, 0.25) is 0 Å². The van der Waals surface area contributed by atoms with E-state index in [1.165, 1.54) is 5.56 Å². The van der Waals surface area contributed by atoms with Gasteiger partial charge in [-0.15, -0.1) is 12.4 Å². The summed E-state index contributed by atoms with van der Waals surface area (Å²) in [5.41, 5.74) is 1.99. The molecule has 0 saturated carbocycles. The van der Waals surface area contributed by atoms with Gasteiger partial charge in [0.15, 0.2) is 0 Å². The molecule has 0 aliphatic carbocycles. The minimum Gasteiger partial charge on any atom is -0.314 e. The fraction of sp³-hybridized carbons (Fsp3) is 0.571. The van der Waals surface area contributed by atoms with Crippen molar-refractivity contribution in [1.29, 1.82) is 0 Å². The van der Waals surface area contributed by atoms with Crippen molar-refractivity contribution < 1.29 is 4.39 Å². The molecular formula is C14H22ClFN2. The van der Waals surface area contributed by atoms with Crippen LogP contribution in [-0.2, 0) is 0 Å². The molecule has 1 atom stereocenters. The second kappa shape index (κ2) is 7.07. The Morgan fingerprint density at radius 1 is 1.33 bits per heavy atom. The quantitative estimate of drug-likeness (QED) is 0.910. The first-order valence-electron chi connectivity index (χ1n) is 6.43. The van der Waals surface area contributed by atoms with Crippen LogP contribution in [0.4, 0.5) is 4.39 Å². The molecule has 0 spiro atoms. The number of nitrogens with one attached hydrogen (secondary N) is 1. The lowest BCUT2D eigenvalue weighted by Crippen LogP contribution is -2.45. The summed E-state index contributed by atoms with van der Waals surface area (Å²) in [6, 6.07) is 5.94. The SMILES string of the molecule is CC[C@H](c1ccc(F)c(C)c1)N1CCNCC1.Cl. The van der Waals surface area contributed by atoms with Gasteiger partial charge in [-0.05, 0) is 30.5 Å². The molecule has 0 amide bonds. The molecule has 1 aromatic rings. The monoisotopic (exact) mass is 272 g/mol. The minimum absolute atomic E-state index is 0. The van der Waals surface area contributed by atoms with Crippen LogP contribution < -0.4 is 5.32 Å². The van der Waals surface area contributed by atoms with E-state index < -0.39 is 0 Å². The van der Waals surface area contributed by atoms with Crippen molar-refractivity contribution in [2.75, 3.05) is 26.2 Å². The third-order valence-corrected chi connectivity index (χ3v) is 3.55. The lowest BCUT2D eigenvalue weighted by molar-refractivity contribution is 0.169. The van der Waals surface area contributed by atoms with E-state index >= 15 is 0 Å². The van der Waals surface area contributed by atoms with Crippen molar-refractivity contribution in [3.8, 4) is 0 Å². The molecule has 0 aromatic heterocycles. The molecule has 102 valence electrons. The van der Waals surface area contributed by atoms with Gasteiger partial charge < -0.3 is 5.32 Å². The molecule has 1 saturated heterocycles. The highest BCUT2D eigenvalue weighted by Crippen LogP contribution is 2.25. The van der Waals surface area contributed by atoms with Crippen LogP contribution in [0.15, 0.2) is 18.2 Å². The summed E-state index contributed by atoms with van der Waals surface area (Å²) in [4.78, 5) is 2.49. The molecule has 0 bridgehead atoms. The predicted octanol–water partition coefficient (Wildman–Crippen LogP) is 2.91. The summed E-state index contributed by atoms with van der Waals surface area (Å²) in [5.74, 6) is -0.107. The van der Waals surface area contributed by atoms with E-state index in [-0.39, 0.29) is 18.2 Å². The van der Waals surface area contributed by atoms with Crippen molar-refractivity contribution in [3.05, 3.63) is 35.1 Å². The summed E-state index contributed by atoms with van der Waals surface area (Å²) in [6.07, 6.45) is 1.07. The van der Waals surface area contributed by atoms with Crippen LogP contribution in [0.2, 0.25) is 0 Å². The van der Waals surface area contributed by atoms with E-state index in [0.29, 0.717) is 6.04 Å². The number of nitrogens with zero attached hydrogens (tertiary/aromatic N) is 1. The molecule has 1 aromatic carbocycles. The van der Waals surface area contributed by atoms with Gasteiger partial charge in [-0.2, -0.15) is 0 Å². The Balaban J connectivity index is 0.00000162. The molecular weight excluding hydrogens is 251 g/mol. The summed E-state index contributed by atoms with van der Waals surface area (Å²) in [6.45, 7) is 8.30. The second-order valence-electron chi connectivity index (χ2n) is 4.72. The molecule has 2 nitrogen and oxygen atoms in total. The minimum atomic E-state index is -0.107. The van der Waals surface area contributed by atoms with E-state index in [1.54, 1.807) is 6.07 Å². The van der Waals surface area contributed by atoms with Crippen LogP contribution in [0.1, 0.15) is 30.5 Å². The van der Waals surface area contributed by atoms with Gasteiger partial charge >= 0.3 is 0 Å². The molecule has 2 rings (SSSR count). The van der Waals surface area contributed by atoms with Gasteiger partial charge in [-0.3, -0.25) is 4.90 Å². The number of piperazine rings is 1. The number of benzene rings is 1. The molecule has 1 heterocycles. The van der Waals surface area contributed by atoms with Gasteiger partial charge in [-0.25, -0.2) is 4.39 Å². The largest absolute Gasteiger partial charge is 0.314 e. The zero-order valence-electron chi connectivity index (χ0n) is 11.1. The predicted molar refractivity (Wildman–Crippen MR) is 75.9 cm³/mol. The van der Waals surface area contributed by atoms with Crippen LogP contribution in [-0.4, -0.2) is 31.1 Å². The number of hydrogen-bond acceptors (Lipinski definition) is 2. The maximum Gasteiger partial charge on any atom is 0.126 e. The van der Waals surface area contributed by atoms with Crippen molar-refractivity contribution in [1.82, 2.24) is 10.2 Å². The van der Waals surface area contributed by atoms with Gasteiger partial charge in [-0.1, -0.05) is 19.1 Å². The Hall–Kier alpha value is -0.640. The Kier molecular flexibility index (Phi) is 6.06. The Morgan fingerprint density at radius 2 is 2.00 bits per heavy atom. The van der Waals surface area contributed by atoms with Crippen LogP contribution in [0, 0.1) is 12.7 Å². The first-order valence-corrected chi connectivity index (χ1v) is 6.43. The summed E-state index contributed by atoms with van der Waals surface area (Å²) < 4.78 is 13.3. The van der Waals surface area contributed by atoms with E-state index in [2.05, 4.69) is 17.1 Å². The van der Waals surface area contributed by atoms with E-state index in [1.807, 2.05) is 19.1 Å². The summed E-state index contributed by atoms with van der Waals surface area (Å²) in [7, 11) is 0. The topological polar surface area (TPSA) is 15.3 Å². The molecule has 18 heavy (non-hydrogen) atoms. The molecule has 1 fully saturated rings. The number of aryl methyl sites for hydroxylation is 1.